The standard InChI is InChI=1S/C12H18BrNO2/c1-8(14)4-5-9-6-10(15-2)12(13)11(7-9)16-3/h6-8H,4-5,14H2,1-3H3/t8-/m1/s1. The minimum Gasteiger partial charge on any atom is -0.495 e. The average Bonchev–Trinajstić information content (AvgIpc) is 2.27. The second kappa shape index (κ2) is 6.11. The van der Waals surface area contributed by atoms with Crippen molar-refractivity contribution < 1.29 is 9.47 Å². The van der Waals surface area contributed by atoms with Gasteiger partial charge in [0.15, 0.2) is 0 Å². The summed E-state index contributed by atoms with van der Waals surface area (Å²) < 4.78 is 11.4. The van der Waals surface area contributed by atoms with Gasteiger partial charge in [-0.05, 0) is 53.4 Å². The van der Waals surface area contributed by atoms with Gasteiger partial charge in [0.05, 0.1) is 14.2 Å². The van der Waals surface area contributed by atoms with E-state index < -0.39 is 0 Å². The second-order valence-corrected chi connectivity index (χ2v) is 4.62. The van der Waals surface area contributed by atoms with E-state index in [-0.39, 0.29) is 6.04 Å². The van der Waals surface area contributed by atoms with Gasteiger partial charge in [0.25, 0.3) is 0 Å². The van der Waals surface area contributed by atoms with Gasteiger partial charge in [0.2, 0.25) is 0 Å². The summed E-state index contributed by atoms with van der Waals surface area (Å²) in [6.07, 6.45) is 1.88. The first kappa shape index (κ1) is 13.3. The maximum Gasteiger partial charge on any atom is 0.137 e. The summed E-state index contributed by atoms with van der Waals surface area (Å²) in [4.78, 5) is 0. The first-order valence-corrected chi connectivity index (χ1v) is 6.03. The summed E-state index contributed by atoms with van der Waals surface area (Å²) in [5.41, 5.74) is 6.91. The van der Waals surface area contributed by atoms with Gasteiger partial charge in [0, 0.05) is 6.04 Å². The van der Waals surface area contributed by atoms with Gasteiger partial charge in [-0.15, -0.1) is 0 Å². The third-order valence-corrected chi connectivity index (χ3v) is 3.18. The number of rotatable bonds is 5. The summed E-state index contributed by atoms with van der Waals surface area (Å²) >= 11 is 3.44. The van der Waals surface area contributed by atoms with Crippen molar-refractivity contribution in [1.29, 1.82) is 0 Å². The van der Waals surface area contributed by atoms with E-state index in [4.69, 9.17) is 15.2 Å². The molecule has 1 aromatic carbocycles. The minimum atomic E-state index is 0.209. The van der Waals surface area contributed by atoms with Crippen molar-refractivity contribution in [3.8, 4) is 11.5 Å². The van der Waals surface area contributed by atoms with Crippen LogP contribution in [0.15, 0.2) is 16.6 Å². The van der Waals surface area contributed by atoms with Crippen molar-refractivity contribution in [3.05, 3.63) is 22.2 Å². The Morgan fingerprint density at radius 3 is 2.12 bits per heavy atom. The second-order valence-electron chi connectivity index (χ2n) is 3.83. The zero-order valence-electron chi connectivity index (χ0n) is 9.92. The van der Waals surface area contributed by atoms with Crippen LogP contribution >= 0.6 is 15.9 Å². The third kappa shape index (κ3) is 3.39. The Hall–Kier alpha value is -0.740. The van der Waals surface area contributed by atoms with Crippen LogP contribution in [0.25, 0.3) is 0 Å². The molecule has 3 nitrogen and oxygen atoms in total. The molecule has 1 atom stereocenters. The number of ether oxygens (including phenoxy) is 2. The lowest BCUT2D eigenvalue weighted by Gasteiger charge is -2.12. The summed E-state index contributed by atoms with van der Waals surface area (Å²) in [6.45, 7) is 2.01. The monoisotopic (exact) mass is 287 g/mol. The molecule has 0 aromatic heterocycles. The first-order chi connectivity index (χ1) is 7.58. The predicted octanol–water partition coefficient (Wildman–Crippen LogP) is 2.75. The Labute approximate surface area is 105 Å². The number of hydrogen-bond acceptors (Lipinski definition) is 3. The van der Waals surface area contributed by atoms with E-state index in [0.29, 0.717) is 0 Å². The molecule has 16 heavy (non-hydrogen) atoms. The average molecular weight is 288 g/mol. The zero-order valence-corrected chi connectivity index (χ0v) is 11.5. The molecule has 1 aromatic rings. The molecule has 0 saturated carbocycles. The van der Waals surface area contributed by atoms with Gasteiger partial charge >= 0.3 is 0 Å². The fraction of sp³-hybridized carbons (Fsp3) is 0.500. The largest absolute Gasteiger partial charge is 0.495 e. The molecular weight excluding hydrogens is 270 g/mol. The molecule has 0 unspecified atom stereocenters. The van der Waals surface area contributed by atoms with E-state index in [1.165, 1.54) is 5.56 Å². The van der Waals surface area contributed by atoms with Gasteiger partial charge in [0.1, 0.15) is 16.0 Å². The molecule has 0 saturated heterocycles. The number of halogens is 1. The van der Waals surface area contributed by atoms with Crippen LogP contribution in [0, 0.1) is 0 Å². The van der Waals surface area contributed by atoms with Crippen molar-refractivity contribution in [1.82, 2.24) is 0 Å². The molecule has 2 N–H and O–H groups in total. The van der Waals surface area contributed by atoms with Crippen LogP contribution in [-0.2, 0) is 6.42 Å². The summed E-state index contributed by atoms with van der Waals surface area (Å²) in [5, 5.41) is 0. The van der Waals surface area contributed by atoms with Crippen molar-refractivity contribution >= 4 is 15.9 Å². The van der Waals surface area contributed by atoms with Crippen molar-refractivity contribution in [2.45, 2.75) is 25.8 Å². The van der Waals surface area contributed by atoms with Crippen LogP contribution in [0.1, 0.15) is 18.9 Å². The molecule has 0 radical (unpaired) electrons. The third-order valence-electron chi connectivity index (χ3n) is 2.39. The number of aryl methyl sites for hydroxylation is 1. The predicted molar refractivity (Wildman–Crippen MR) is 69.2 cm³/mol. The molecule has 0 heterocycles. The van der Waals surface area contributed by atoms with E-state index in [1.807, 2.05) is 19.1 Å². The Bertz CT molecular complexity index is 328. The van der Waals surface area contributed by atoms with Crippen LogP contribution in [-0.4, -0.2) is 20.3 Å². The maximum atomic E-state index is 5.74. The Kier molecular flexibility index (Phi) is 5.09. The highest BCUT2D eigenvalue weighted by Gasteiger charge is 2.10. The minimum absolute atomic E-state index is 0.209. The highest BCUT2D eigenvalue weighted by atomic mass is 79.9. The molecule has 1 rings (SSSR count). The van der Waals surface area contributed by atoms with Crippen LogP contribution < -0.4 is 15.2 Å². The van der Waals surface area contributed by atoms with E-state index in [1.54, 1.807) is 14.2 Å². The number of methoxy groups -OCH3 is 2. The molecule has 0 amide bonds. The van der Waals surface area contributed by atoms with Crippen molar-refractivity contribution in [3.63, 3.8) is 0 Å². The Morgan fingerprint density at radius 1 is 1.25 bits per heavy atom. The summed E-state index contributed by atoms with van der Waals surface area (Å²) in [5.74, 6) is 1.58. The zero-order chi connectivity index (χ0) is 12.1. The molecule has 0 aliphatic carbocycles. The summed E-state index contributed by atoms with van der Waals surface area (Å²) in [7, 11) is 3.30. The molecule has 4 heteroatoms. The number of nitrogens with two attached hydrogens (primary N) is 1. The smallest absolute Gasteiger partial charge is 0.137 e. The van der Waals surface area contributed by atoms with Crippen LogP contribution in [0.4, 0.5) is 0 Å². The van der Waals surface area contributed by atoms with Crippen LogP contribution in [0.3, 0.4) is 0 Å². The molecule has 0 fully saturated rings. The lowest BCUT2D eigenvalue weighted by molar-refractivity contribution is 0.388. The van der Waals surface area contributed by atoms with E-state index >= 15 is 0 Å². The Balaban J connectivity index is 2.93. The molecular formula is C12H18BrNO2. The van der Waals surface area contributed by atoms with E-state index in [9.17, 15) is 0 Å². The van der Waals surface area contributed by atoms with Gasteiger partial charge in [-0.2, -0.15) is 0 Å². The molecule has 0 aliphatic rings. The quantitative estimate of drug-likeness (QED) is 0.906. The fourth-order valence-electron chi connectivity index (χ4n) is 1.46. The molecule has 0 bridgehead atoms. The van der Waals surface area contributed by atoms with Crippen LogP contribution in [0.5, 0.6) is 11.5 Å². The normalized spacial score (nSPS) is 12.3. The highest BCUT2D eigenvalue weighted by Crippen LogP contribution is 2.35. The summed E-state index contributed by atoms with van der Waals surface area (Å²) in [6, 6.07) is 4.23. The molecule has 90 valence electrons. The van der Waals surface area contributed by atoms with Gasteiger partial charge in [-0.1, -0.05) is 0 Å². The highest BCUT2D eigenvalue weighted by molar-refractivity contribution is 9.10. The topological polar surface area (TPSA) is 44.5 Å². The fourth-order valence-corrected chi connectivity index (χ4v) is 2.01. The lowest BCUT2D eigenvalue weighted by atomic mass is 10.1. The van der Waals surface area contributed by atoms with Crippen molar-refractivity contribution in [2.75, 3.05) is 14.2 Å². The van der Waals surface area contributed by atoms with Gasteiger partial charge < -0.3 is 15.2 Å². The lowest BCUT2D eigenvalue weighted by Crippen LogP contribution is -2.15. The van der Waals surface area contributed by atoms with E-state index in [0.717, 1.165) is 28.8 Å². The first-order valence-electron chi connectivity index (χ1n) is 5.24. The van der Waals surface area contributed by atoms with E-state index in [2.05, 4.69) is 15.9 Å². The molecule has 0 aliphatic heterocycles. The number of hydrogen-bond donors (Lipinski definition) is 1. The van der Waals surface area contributed by atoms with Crippen molar-refractivity contribution in [2.24, 2.45) is 5.73 Å². The van der Waals surface area contributed by atoms with Crippen LogP contribution in [0.2, 0.25) is 0 Å². The van der Waals surface area contributed by atoms with Gasteiger partial charge in [-0.3, -0.25) is 0 Å². The Morgan fingerprint density at radius 2 is 1.75 bits per heavy atom. The SMILES string of the molecule is COc1cc(CC[C@@H](C)N)cc(OC)c1Br. The molecule has 0 spiro atoms. The number of benzene rings is 1. The van der Waals surface area contributed by atoms with Gasteiger partial charge in [-0.25, -0.2) is 0 Å². The maximum absolute atomic E-state index is 5.74.